The first-order chi connectivity index (χ1) is 7.08. The first-order valence-corrected chi connectivity index (χ1v) is 5.62. The second-order valence-electron chi connectivity index (χ2n) is 6.11. The van der Waals surface area contributed by atoms with Crippen LogP contribution in [0.2, 0.25) is 0 Å². The van der Waals surface area contributed by atoms with E-state index in [1.165, 1.54) is 0 Å². The van der Waals surface area contributed by atoms with Gasteiger partial charge in [-0.05, 0) is 26.2 Å². The Bertz CT molecular complexity index is 246. The Balaban J connectivity index is 4.64. The standard InChI is InChI=1S/C13H25NO2/c1-8-9-16-10(12(2,3)4)11(15)14-13(5,6)7/h8,10H,1,9H2,2-7H3,(H,14,15). The highest BCUT2D eigenvalue weighted by Crippen LogP contribution is 2.23. The highest BCUT2D eigenvalue weighted by molar-refractivity contribution is 5.82. The van der Waals surface area contributed by atoms with Gasteiger partial charge in [0.1, 0.15) is 6.10 Å². The van der Waals surface area contributed by atoms with Crippen molar-refractivity contribution in [1.82, 2.24) is 5.32 Å². The molecule has 0 bridgehead atoms. The molecule has 1 unspecified atom stereocenters. The number of carbonyl (C=O) groups excluding carboxylic acids is 1. The van der Waals surface area contributed by atoms with Crippen molar-refractivity contribution in [3.05, 3.63) is 12.7 Å². The SMILES string of the molecule is C=CCOC(C(=O)NC(C)(C)C)C(C)(C)C. The Kier molecular flexibility index (Phi) is 5.20. The summed E-state index contributed by atoms with van der Waals surface area (Å²) in [5.41, 5.74) is -0.462. The number of amides is 1. The van der Waals surface area contributed by atoms with Gasteiger partial charge in [-0.15, -0.1) is 6.58 Å². The van der Waals surface area contributed by atoms with Crippen molar-refractivity contribution in [3.63, 3.8) is 0 Å². The van der Waals surface area contributed by atoms with E-state index in [-0.39, 0.29) is 16.9 Å². The summed E-state index contributed by atoms with van der Waals surface area (Å²) in [6, 6.07) is 0. The Hall–Kier alpha value is -0.830. The Morgan fingerprint density at radius 2 is 1.81 bits per heavy atom. The van der Waals surface area contributed by atoms with Crippen LogP contribution in [0.3, 0.4) is 0 Å². The quantitative estimate of drug-likeness (QED) is 0.749. The molecule has 0 aromatic rings. The van der Waals surface area contributed by atoms with Gasteiger partial charge in [0.2, 0.25) is 5.91 Å². The molecule has 0 heterocycles. The second-order valence-corrected chi connectivity index (χ2v) is 6.11. The fourth-order valence-corrected chi connectivity index (χ4v) is 1.32. The topological polar surface area (TPSA) is 38.3 Å². The molecule has 0 radical (unpaired) electrons. The molecule has 0 spiro atoms. The molecule has 0 aromatic heterocycles. The van der Waals surface area contributed by atoms with E-state index in [1.54, 1.807) is 6.08 Å². The number of rotatable bonds is 4. The highest BCUT2D eigenvalue weighted by atomic mass is 16.5. The van der Waals surface area contributed by atoms with Crippen molar-refractivity contribution in [2.75, 3.05) is 6.61 Å². The largest absolute Gasteiger partial charge is 0.364 e. The van der Waals surface area contributed by atoms with Gasteiger partial charge >= 0.3 is 0 Å². The molecule has 0 saturated carbocycles. The molecular weight excluding hydrogens is 202 g/mol. The van der Waals surface area contributed by atoms with Crippen molar-refractivity contribution >= 4 is 5.91 Å². The average molecular weight is 227 g/mol. The second kappa shape index (κ2) is 5.48. The van der Waals surface area contributed by atoms with E-state index in [0.29, 0.717) is 6.61 Å². The molecule has 3 nitrogen and oxygen atoms in total. The lowest BCUT2D eigenvalue weighted by Crippen LogP contribution is -2.50. The Morgan fingerprint density at radius 1 is 1.31 bits per heavy atom. The van der Waals surface area contributed by atoms with Crippen molar-refractivity contribution in [2.24, 2.45) is 5.41 Å². The molecule has 94 valence electrons. The lowest BCUT2D eigenvalue weighted by molar-refractivity contribution is -0.140. The predicted octanol–water partition coefficient (Wildman–Crippen LogP) is 2.52. The summed E-state index contributed by atoms with van der Waals surface area (Å²) in [7, 11) is 0. The highest BCUT2D eigenvalue weighted by Gasteiger charge is 2.33. The molecule has 1 N–H and O–H groups in total. The third-order valence-electron chi connectivity index (χ3n) is 1.90. The van der Waals surface area contributed by atoms with Crippen molar-refractivity contribution < 1.29 is 9.53 Å². The summed E-state index contributed by atoms with van der Waals surface area (Å²) in [4.78, 5) is 12.0. The number of ether oxygens (including phenoxy) is 1. The van der Waals surface area contributed by atoms with Crippen molar-refractivity contribution in [2.45, 2.75) is 53.2 Å². The van der Waals surface area contributed by atoms with E-state index < -0.39 is 6.10 Å². The molecule has 0 aliphatic heterocycles. The van der Waals surface area contributed by atoms with Crippen LogP contribution >= 0.6 is 0 Å². The number of nitrogens with one attached hydrogen (secondary N) is 1. The zero-order chi connectivity index (χ0) is 13.0. The van der Waals surface area contributed by atoms with E-state index in [9.17, 15) is 4.79 Å². The number of hydrogen-bond acceptors (Lipinski definition) is 2. The van der Waals surface area contributed by atoms with E-state index >= 15 is 0 Å². The average Bonchev–Trinajstić information content (AvgIpc) is 1.98. The number of hydrogen-bond donors (Lipinski definition) is 1. The molecule has 0 aliphatic rings. The molecule has 1 atom stereocenters. The van der Waals surface area contributed by atoms with Gasteiger partial charge in [-0.3, -0.25) is 4.79 Å². The monoisotopic (exact) mass is 227 g/mol. The van der Waals surface area contributed by atoms with Crippen LogP contribution in [-0.2, 0) is 9.53 Å². The van der Waals surface area contributed by atoms with E-state index in [2.05, 4.69) is 11.9 Å². The van der Waals surface area contributed by atoms with Crippen LogP contribution in [0.25, 0.3) is 0 Å². The van der Waals surface area contributed by atoms with Crippen LogP contribution in [0.4, 0.5) is 0 Å². The third kappa shape index (κ3) is 5.91. The molecule has 0 aliphatic carbocycles. The molecule has 16 heavy (non-hydrogen) atoms. The van der Waals surface area contributed by atoms with Gasteiger partial charge in [0, 0.05) is 5.54 Å². The maximum atomic E-state index is 12.0. The lowest BCUT2D eigenvalue weighted by atomic mass is 9.88. The summed E-state index contributed by atoms with van der Waals surface area (Å²) in [6.45, 7) is 15.8. The first-order valence-electron chi connectivity index (χ1n) is 5.62. The zero-order valence-electron chi connectivity index (χ0n) is 11.4. The molecule has 0 rings (SSSR count). The minimum absolute atomic E-state index is 0.0677. The van der Waals surface area contributed by atoms with E-state index in [1.807, 2.05) is 41.5 Å². The van der Waals surface area contributed by atoms with Crippen LogP contribution < -0.4 is 5.32 Å². The summed E-state index contributed by atoms with van der Waals surface area (Å²) >= 11 is 0. The maximum Gasteiger partial charge on any atom is 0.250 e. The van der Waals surface area contributed by atoms with E-state index in [0.717, 1.165) is 0 Å². The third-order valence-corrected chi connectivity index (χ3v) is 1.90. The smallest absolute Gasteiger partial charge is 0.250 e. The lowest BCUT2D eigenvalue weighted by Gasteiger charge is -2.32. The fourth-order valence-electron chi connectivity index (χ4n) is 1.32. The molecular formula is C13H25NO2. The maximum absolute atomic E-state index is 12.0. The Labute approximate surface area is 99.3 Å². The predicted molar refractivity (Wildman–Crippen MR) is 67.3 cm³/mol. The van der Waals surface area contributed by atoms with Crippen LogP contribution in [-0.4, -0.2) is 24.2 Å². The minimum Gasteiger partial charge on any atom is -0.364 e. The van der Waals surface area contributed by atoms with Crippen LogP contribution in [0.15, 0.2) is 12.7 Å². The molecule has 0 fully saturated rings. The van der Waals surface area contributed by atoms with Gasteiger partial charge in [0.05, 0.1) is 6.61 Å². The normalized spacial score (nSPS) is 14.4. The van der Waals surface area contributed by atoms with Crippen LogP contribution in [0.5, 0.6) is 0 Å². The van der Waals surface area contributed by atoms with E-state index in [4.69, 9.17) is 4.74 Å². The summed E-state index contributed by atoms with van der Waals surface area (Å²) < 4.78 is 5.53. The Morgan fingerprint density at radius 3 is 2.12 bits per heavy atom. The van der Waals surface area contributed by atoms with Gasteiger partial charge in [-0.25, -0.2) is 0 Å². The molecule has 0 saturated heterocycles. The summed E-state index contributed by atoms with van der Waals surface area (Å²) in [6.07, 6.45) is 1.20. The summed E-state index contributed by atoms with van der Waals surface area (Å²) in [5.74, 6) is -0.0677. The molecule has 0 aromatic carbocycles. The molecule has 1 amide bonds. The van der Waals surface area contributed by atoms with Gasteiger partial charge in [-0.2, -0.15) is 0 Å². The molecule has 3 heteroatoms. The van der Waals surface area contributed by atoms with Crippen molar-refractivity contribution in [3.8, 4) is 0 Å². The van der Waals surface area contributed by atoms with Crippen molar-refractivity contribution in [1.29, 1.82) is 0 Å². The fraction of sp³-hybridized carbons (Fsp3) is 0.769. The van der Waals surface area contributed by atoms with Gasteiger partial charge in [0.25, 0.3) is 0 Å². The van der Waals surface area contributed by atoms with Gasteiger partial charge in [0.15, 0.2) is 0 Å². The zero-order valence-corrected chi connectivity index (χ0v) is 11.4. The number of carbonyl (C=O) groups is 1. The van der Waals surface area contributed by atoms with Gasteiger partial charge in [-0.1, -0.05) is 26.8 Å². The minimum atomic E-state index is -0.454. The first kappa shape index (κ1) is 15.2. The van der Waals surface area contributed by atoms with Crippen LogP contribution in [0.1, 0.15) is 41.5 Å². The summed E-state index contributed by atoms with van der Waals surface area (Å²) in [5, 5.41) is 2.94. The van der Waals surface area contributed by atoms with Gasteiger partial charge < -0.3 is 10.1 Å². The van der Waals surface area contributed by atoms with Crippen LogP contribution in [0, 0.1) is 5.41 Å².